The highest BCUT2D eigenvalue weighted by Gasteiger charge is 2.30. The smallest absolute Gasteiger partial charge is 0.0390 e. The number of hydrogen-bond donors (Lipinski definition) is 1. The fourth-order valence-corrected chi connectivity index (χ4v) is 3.60. The SMILES string of the molecule is CNC(c1cc(C)ccc1C)C1CCc2ccccc21. The Morgan fingerprint density at radius 2 is 1.90 bits per heavy atom. The number of benzene rings is 2. The summed E-state index contributed by atoms with van der Waals surface area (Å²) in [7, 11) is 2.09. The van der Waals surface area contributed by atoms with Crippen molar-refractivity contribution in [2.75, 3.05) is 7.05 Å². The van der Waals surface area contributed by atoms with Gasteiger partial charge in [0.05, 0.1) is 0 Å². The molecule has 1 aliphatic rings. The zero-order valence-electron chi connectivity index (χ0n) is 12.6. The van der Waals surface area contributed by atoms with E-state index in [2.05, 4.69) is 68.7 Å². The van der Waals surface area contributed by atoms with Crippen molar-refractivity contribution in [2.24, 2.45) is 0 Å². The average molecular weight is 265 g/mol. The fourth-order valence-electron chi connectivity index (χ4n) is 3.60. The lowest BCUT2D eigenvalue weighted by atomic mass is 9.86. The predicted molar refractivity (Wildman–Crippen MR) is 85.2 cm³/mol. The Bertz CT molecular complexity index is 615. The average Bonchev–Trinajstić information content (AvgIpc) is 2.88. The number of rotatable bonds is 3. The lowest BCUT2D eigenvalue weighted by Gasteiger charge is -2.26. The Hall–Kier alpha value is -1.60. The van der Waals surface area contributed by atoms with Gasteiger partial charge in [-0.25, -0.2) is 0 Å². The molecule has 2 aromatic rings. The second kappa shape index (κ2) is 5.41. The van der Waals surface area contributed by atoms with Gasteiger partial charge < -0.3 is 5.32 Å². The molecule has 3 rings (SSSR count). The van der Waals surface area contributed by atoms with Crippen molar-refractivity contribution >= 4 is 0 Å². The molecule has 0 heterocycles. The molecule has 0 bridgehead atoms. The van der Waals surface area contributed by atoms with Gasteiger partial charge in [-0.3, -0.25) is 0 Å². The second-order valence-electron chi connectivity index (χ2n) is 5.97. The summed E-state index contributed by atoms with van der Waals surface area (Å²) in [6, 6.07) is 16.1. The molecule has 0 aromatic heterocycles. The summed E-state index contributed by atoms with van der Waals surface area (Å²) in [5.74, 6) is 0.594. The van der Waals surface area contributed by atoms with Gasteiger partial charge in [0.2, 0.25) is 0 Å². The number of fused-ring (bicyclic) bond motifs is 1. The first kappa shape index (κ1) is 13.4. The Morgan fingerprint density at radius 1 is 1.10 bits per heavy atom. The van der Waals surface area contributed by atoms with Crippen LogP contribution in [0.2, 0.25) is 0 Å². The number of hydrogen-bond acceptors (Lipinski definition) is 1. The van der Waals surface area contributed by atoms with Crippen LogP contribution in [0.4, 0.5) is 0 Å². The van der Waals surface area contributed by atoms with Crippen LogP contribution in [-0.2, 0) is 6.42 Å². The third-order valence-electron chi connectivity index (χ3n) is 4.66. The van der Waals surface area contributed by atoms with Gasteiger partial charge in [0, 0.05) is 12.0 Å². The lowest BCUT2D eigenvalue weighted by Crippen LogP contribution is -2.23. The van der Waals surface area contributed by atoms with Crippen LogP contribution in [0.1, 0.15) is 46.2 Å². The fraction of sp³-hybridized carbons (Fsp3) is 0.368. The summed E-state index contributed by atoms with van der Waals surface area (Å²) in [5.41, 5.74) is 7.25. The molecule has 1 nitrogen and oxygen atoms in total. The van der Waals surface area contributed by atoms with E-state index >= 15 is 0 Å². The third-order valence-corrected chi connectivity index (χ3v) is 4.66. The van der Waals surface area contributed by atoms with Crippen LogP contribution in [-0.4, -0.2) is 7.05 Å². The molecule has 0 aliphatic heterocycles. The lowest BCUT2D eigenvalue weighted by molar-refractivity contribution is 0.475. The van der Waals surface area contributed by atoms with E-state index in [4.69, 9.17) is 0 Å². The maximum atomic E-state index is 3.57. The van der Waals surface area contributed by atoms with E-state index in [1.54, 1.807) is 0 Å². The molecule has 2 unspecified atom stereocenters. The zero-order chi connectivity index (χ0) is 14.1. The predicted octanol–water partition coefficient (Wildman–Crippen LogP) is 4.29. The maximum Gasteiger partial charge on any atom is 0.0390 e. The topological polar surface area (TPSA) is 12.0 Å². The molecular weight excluding hydrogens is 242 g/mol. The Kier molecular flexibility index (Phi) is 3.62. The summed E-state index contributed by atoms with van der Waals surface area (Å²) in [4.78, 5) is 0. The number of nitrogens with one attached hydrogen (secondary N) is 1. The van der Waals surface area contributed by atoms with E-state index in [0.29, 0.717) is 12.0 Å². The molecule has 0 saturated carbocycles. The van der Waals surface area contributed by atoms with Crippen molar-refractivity contribution in [1.82, 2.24) is 5.32 Å². The summed E-state index contributed by atoms with van der Waals surface area (Å²) >= 11 is 0. The maximum absolute atomic E-state index is 3.57. The molecule has 104 valence electrons. The Labute approximate surface area is 122 Å². The molecule has 1 N–H and O–H groups in total. The second-order valence-corrected chi connectivity index (χ2v) is 5.97. The van der Waals surface area contributed by atoms with Gasteiger partial charge in [-0.2, -0.15) is 0 Å². The van der Waals surface area contributed by atoms with Crippen LogP contribution in [0.5, 0.6) is 0 Å². The molecule has 0 saturated heterocycles. The Balaban J connectivity index is 2.01. The van der Waals surface area contributed by atoms with Crippen molar-refractivity contribution in [3.05, 3.63) is 70.3 Å². The van der Waals surface area contributed by atoms with Crippen molar-refractivity contribution in [3.63, 3.8) is 0 Å². The Morgan fingerprint density at radius 3 is 2.70 bits per heavy atom. The minimum absolute atomic E-state index is 0.415. The van der Waals surface area contributed by atoms with Gasteiger partial charge in [-0.05, 0) is 56.0 Å². The molecular formula is C19H23N. The minimum atomic E-state index is 0.415. The molecule has 2 aromatic carbocycles. The highest BCUT2D eigenvalue weighted by atomic mass is 14.9. The summed E-state index contributed by atoms with van der Waals surface area (Å²) in [6.07, 6.45) is 2.46. The van der Waals surface area contributed by atoms with E-state index in [9.17, 15) is 0 Å². The highest BCUT2D eigenvalue weighted by molar-refractivity contribution is 5.41. The minimum Gasteiger partial charge on any atom is -0.312 e. The molecule has 20 heavy (non-hydrogen) atoms. The van der Waals surface area contributed by atoms with E-state index < -0.39 is 0 Å². The monoisotopic (exact) mass is 265 g/mol. The summed E-state index contributed by atoms with van der Waals surface area (Å²) < 4.78 is 0. The van der Waals surface area contributed by atoms with Gasteiger partial charge in [0.1, 0.15) is 0 Å². The van der Waals surface area contributed by atoms with Crippen molar-refractivity contribution in [3.8, 4) is 0 Å². The number of aryl methyl sites for hydroxylation is 3. The quantitative estimate of drug-likeness (QED) is 0.872. The molecule has 0 amide bonds. The van der Waals surface area contributed by atoms with Crippen LogP contribution < -0.4 is 5.32 Å². The molecule has 0 spiro atoms. The molecule has 0 fully saturated rings. The van der Waals surface area contributed by atoms with Gasteiger partial charge in [0.15, 0.2) is 0 Å². The highest BCUT2D eigenvalue weighted by Crippen LogP contribution is 2.42. The van der Waals surface area contributed by atoms with E-state index in [-0.39, 0.29) is 0 Å². The third kappa shape index (κ3) is 2.27. The van der Waals surface area contributed by atoms with Crippen LogP contribution >= 0.6 is 0 Å². The van der Waals surface area contributed by atoms with Gasteiger partial charge in [-0.15, -0.1) is 0 Å². The van der Waals surface area contributed by atoms with E-state index in [0.717, 1.165) is 0 Å². The first-order valence-electron chi connectivity index (χ1n) is 7.53. The van der Waals surface area contributed by atoms with Crippen molar-refractivity contribution in [2.45, 2.75) is 38.6 Å². The van der Waals surface area contributed by atoms with Crippen LogP contribution in [0, 0.1) is 13.8 Å². The molecule has 0 radical (unpaired) electrons. The first-order valence-corrected chi connectivity index (χ1v) is 7.53. The van der Waals surface area contributed by atoms with Gasteiger partial charge in [-0.1, -0.05) is 48.0 Å². The first-order chi connectivity index (χ1) is 9.70. The zero-order valence-corrected chi connectivity index (χ0v) is 12.6. The largest absolute Gasteiger partial charge is 0.312 e. The molecule has 1 aliphatic carbocycles. The number of likely N-dealkylation sites (N-methyl/N-ethyl adjacent to an activating group) is 1. The van der Waals surface area contributed by atoms with Gasteiger partial charge in [0.25, 0.3) is 0 Å². The van der Waals surface area contributed by atoms with Crippen LogP contribution in [0.25, 0.3) is 0 Å². The van der Waals surface area contributed by atoms with Crippen molar-refractivity contribution < 1.29 is 0 Å². The van der Waals surface area contributed by atoms with Crippen LogP contribution in [0.15, 0.2) is 42.5 Å². The summed E-state index contributed by atoms with van der Waals surface area (Å²) in [6.45, 7) is 4.40. The summed E-state index contributed by atoms with van der Waals surface area (Å²) in [5, 5.41) is 3.57. The molecule has 2 atom stereocenters. The van der Waals surface area contributed by atoms with E-state index in [1.807, 2.05) is 0 Å². The normalized spacial score (nSPS) is 18.9. The van der Waals surface area contributed by atoms with Crippen molar-refractivity contribution in [1.29, 1.82) is 0 Å². The van der Waals surface area contributed by atoms with Gasteiger partial charge >= 0.3 is 0 Å². The van der Waals surface area contributed by atoms with Crippen LogP contribution in [0.3, 0.4) is 0 Å². The standard InChI is InChI=1S/C19H23N/c1-13-8-9-14(2)18(12-13)19(20-3)17-11-10-15-6-4-5-7-16(15)17/h4-9,12,17,19-20H,10-11H2,1-3H3. The molecule has 1 heteroatoms. The van der Waals surface area contributed by atoms with E-state index in [1.165, 1.54) is 40.7 Å².